The number of hydrogen-bond donors (Lipinski definition) is 1. The Kier molecular flexibility index (Phi) is 4.29. The number of hydrogen-bond acceptors (Lipinski definition) is 4. The third-order valence-corrected chi connectivity index (χ3v) is 3.34. The molecule has 3 aromatic rings. The van der Waals surface area contributed by atoms with Crippen LogP contribution in [0.15, 0.2) is 63.2 Å². The predicted octanol–water partition coefficient (Wildman–Crippen LogP) is 2.36. The molecule has 2 aromatic carbocycles. The number of benzene rings is 2. The minimum atomic E-state index is -0.579. The molecule has 122 valence electrons. The van der Waals surface area contributed by atoms with Crippen molar-refractivity contribution in [1.29, 1.82) is 0 Å². The van der Waals surface area contributed by atoms with Crippen LogP contribution in [0.5, 0.6) is 5.75 Å². The lowest BCUT2D eigenvalue weighted by molar-refractivity contribution is 0.242. The summed E-state index contributed by atoms with van der Waals surface area (Å²) in [7, 11) is 0. The third-order valence-electron chi connectivity index (χ3n) is 3.34. The van der Waals surface area contributed by atoms with Gasteiger partial charge in [-0.25, -0.2) is 4.79 Å². The molecule has 3 rings (SSSR count). The van der Waals surface area contributed by atoms with Crippen LogP contribution >= 0.6 is 0 Å². The highest BCUT2D eigenvalue weighted by atomic mass is 16.5. The van der Waals surface area contributed by atoms with Crippen molar-refractivity contribution in [1.82, 2.24) is 9.66 Å². The first-order valence-corrected chi connectivity index (χ1v) is 7.60. The molecule has 1 aromatic heterocycles. The van der Waals surface area contributed by atoms with Gasteiger partial charge < -0.3 is 9.72 Å². The van der Waals surface area contributed by atoms with Gasteiger partial charge in [-0.3, -0.25) is 4.79 Å². The molecule has 0 fully saturated rings. The number of aromatic amines is 1. The summed E-state index contributed by atoms with van der Waals surface area (Å²) in [6.07, 6.45) is 1.52. The summed E-state index contributed by atoms with van der Waals surface area (Å²) >= 11 is 0. The summed E-state index contributed by atoms with van der Waals surface area (Å²) in [5, 5.41) is 4.43. The fourth-order valence-corrected chi connectivity index (χ4v) is 2.32. The zero-order chi connectivity index (χ0) is 17.1. The standard InChI is InChI=1S/C18H17N3O3/c1-12(2)24-14-7-5-6-13(10-14)11-19-21-17(22)15-8-3-4-9-16(15)20-18(21)23/h3-12H,1-2H3,(H,20,23). The quantitative estimate of drug-likeness (QED) is 0.749. The topological polar surface area (TPSA) is 76.5 Å². The van der Waals surface area contributed by atoms with Gasteiger partial charge in [-0.1, -0.05) is 24.3 Å². The summed E-state index contributed by atoms with van der Waals surface area (Å²) in [6.45, 7) is 3.88. The average molecular weight is 323 g/mol. The second-order valence-corrected chi connectivity index (χ2v) is 5.58. The van der Waals surface area contributed by atoms with E-state index in [9.17, 15) is 9.59 Å². The van der Waals surface area contributed by atoms with Crippen LogP contribution in [0.4, 0.5) is 0 Å². The van der Waals surface area contributed by atoms with Gasteiger partial charge in [0.2, 0.25) is 0 Å². The lowest BCUT2D eigenvalue weighted by Crippen LogP contribution is -2.32. The molecule has 6 heteroatoms. The molecule has 0 radical (unpaired) electrons. The van der Waals surface area contributed by atoms with Gasteiger partial charge in [0, 0.05) is 0 Å². The van der Waals surface area contributed by atoms with Crippen molar-refractivity contribution in [3.63, 3.8) is 0 Å². The summed E-state index contributed by atoms with van der Waals surface area (Å²) in [5.74, 6) is 0.703. The second-order valence-electron chi connectivity index (χ2n) is 5.58. The van der Waals surface area contributed by atoms with Crippen molar-refractivity contribution in [2.75, 3.05) is 0 Å². The number of nitrogens with one attached hydrogen (secondary N) is 1. The molecule has 0 saturated carbocycles. The van der Waals surface area contributed by atoms with Crippen molar-refractivity contribution in [2.45, 2.75) is 20.0 Å². The molecule has 6 nitrogen and oxygen atoms in total. The van der Waals surface area contributed by atoms with E-state index in [1.807, 2.05) is 32.0 Å². The highest BCUT2D eigenvalue weighted by molar-refractivity contribution is 5.80. The normalized spacial score (nSPS) is 11.5. The van der Waals surface area contributed by atoms with Crippen molar-refractivity contribution in [3.8, 4) is 5.75 Å². The minimum Gasteiger partial charge on any atom is -0.491 e. The average Bonchev–Trinajstić information content (AvgIpc) is 2.54. The SMILES string of the molecule is CC(C)Oc1cccc(C=Nn2c(=O)[nH]c3ccccc3c2=O)c1. The van der Waals surface area contributed by atoms with Crippen molar-refractivity contribution < 1.29 is 4.74 Å². The lowest BCUT2D eigenvalue weighted by Gasteiger charge is -2.09. The fraction of sp³-hybridized carbons (Fsp3) is 0.167. The van der Waals surface area contributed by atoms with E-state index in [1.54, 1.807) is 30.3 Å². The first kappa shape index (κ1) is 15.7. The molecule has 0 amide bonds. The number of rotatable bonds is 4. The summed E-state index contributed by atoms with van der Waals surface area (Å²) in [6, 6.07) is 14.1. The van der Waals surface area contributed by atoms with E-state index < -0.39 is 11.2 Å². The minimum absolute atomic E-state index is 0.0585. The Bertz CT molecular complexity index is 1020. The van der Waals surface area contributed by atoms with Gasteiger partial charge in [0.15, 0.2) is 0 Å². The molecule has 0 saturated heterocycles. The van der Waals surface area contributed by atoms with Gasteiger partial charge in [0.25, 0.3) is 5.56 Å². The largest absolute Gasteiger partial charge is 0.491 e. The van der Waals surface area contributed by atoms with Crippen molar-refractivity contribution >= 4 is 17.1 Å². The van der Waals surface area contributed by atoms with Gasteiger partial charge in [-0.2, -0.15) is 5.10 Å². The van der Waals surface area contributed by atoms with Crippen molar-refractivity contribution in [3.05, 3.63) is 74.9 Å². The number of ether oxygens (including phenoxy) is 1. The Balaban J connectivity index is 1.99. The van der Waals surface area contributed by atoms with E-state index in [0.717, 1.165) is 10.2 Å². The molecule has 0 bridgehead atoms. The summed E-state index contributed by atoms with van der Waals surface area (Å²) < 4.78 is 6.43. The summed E-state index contributed by atoms with van der Waals surface area (Å²) in [4.78, 5) is 27.1. The monoisotopic (exact) mass is 323 g/mol. The maximum Gasteiger partial charge on any atom is 0.349 e. The molecule has 0 spiro atoms. The number of aromatic nitrogens is 2. The van der Waals surface area contributed by atoms with Crippen LogP contribution in [-0.4, -0.2) is 22.0 Å². The predicted molar refractivity (Wildman–Crippen MR) is 94.0 cm³/mol. The maximum atomic E-state index is 12.4. The number of para-hydroxylation sites is 1. The lowest BCUT2D eigenvalue weighted by atomic mass is 10.2. The van der Waals surface area contributed by atoms with Crippen LogP contribution in [0, 0.1) is 0 Å². The van der Waals surface area contributed by atoms with Gasteiger partial charge in [-0.15, -0.1) is 4.68 Å². The maximum absolute atomic E-state index is 12.4. The highest BCUT2D eigenvalue weighted by Crippen LogP contribution is 2.13. The first-order chi connectivity index (χ1) is 11.5. The molecule has 24 heavy (non-hydrogen) atoms. The Hall–Kier alpha value is -3.15. The van der Waals surface area contributed by atoms with E-state index in [-0.39, 0.29) is 6.10 Å². The second kappa shape index (κ2) is 6.54. The van der Waals surface area contributed by atoms with Crippen LogP contribution in [0.25, 0.3) is 10.9 Å². The number of nitrogens with zero attached hydrogens (tertiary/aromatic N) is 2. The van der Waals surface area contributed by atoms with Gasteiger partial charge in [0.1, 0.15) is 5.75 Å². The highest BCUT2D eigenvalue weighted by Gasteiger charge is 2.05. The molecule has 0 aliphatic carbocycles. The van der Waals surface area contributed by atoms with E-state index >= 15 is 0 Å². The zero-order valence-corrected chi connectivity index (χ0v) is 13.4. The van der Waals surface area contributed by atoms with Crippen molar-refractivity contribution in [2.24, 2.45) is 5.10 Å². The Morgan fingerprint density at radius 2 is 1.92 bits per heavy atom. The molecular formula is C18H17N3O3. The fourth-order valence-electron chi connectivity index (χ4n) is 2.32. The van der Waals surface area contributed by atoms with E-state index in [4.69, 9.17) is 4.74 Å². The Morgan fingerprint density at radius 1 is 1.12 bits per heavy atom. The van der Waals surface area contributed by atoms with Gasteiger partial charge in [-0.05, 0) is 43.7 Å². The molecule has 0 aliphatic heterocycles. The molecular weight excluding hydrogens is 306 g/mol. The first-order valence-electron chi connectivity index (χ1n) is 7.60. The van der Waals surface area contributed by atoms with Crippen LogP contribution in [0.3, 0.4) is 0 Å². The van der Waals surface area contributed by atoms with Crippen LogP contribution in [0.2, 0.25) is 0 Å². The Morgan fingerprint density at radius 3 is 2.71 bits per heavy atom. The van der Waals surface area contributed by atoms with E-state index in [2.05, 4.69) is 10.1 Å². The van der Waals surface area contributed by atoms with Gasteiger partial charge in [0.05, 0.1) is 23.2 Å². The third kappa shape index (κ3) is 3.27. The Labute approximate surface area is 138 Å². The number of fused-ring (bicyclic) bond motifs is 1. The zero-order valence-electron chi connectivity index (χ0n) is 13.4. The van der Waals surface area contributed by atoms with Crippen LogP contribution in [0.1, 0.15) is 19.4 Å². The summed E-state index contributed by atoms with van der Waals surface area (Å²) in [5.41, 5.74) is 0.184. The van der Waals surface area contributed by atoms with E-state index in [1.165, 1.54) is 6.21 Å². The molecule has 0 unspecified atom stereocenters. The molecule has 1 N–H and O–H groups in total. The number of H-pyrrole nitrogens is 1. The van der Waals surface area contributed by atoms with E-state index in [0.29, 0.717) is 16.7 Å². The molecule has 1 heterocycles. The smallest absolute Gasteiger partial charge is 0.349 e. The van der Waals surface area contributed by atoms with Crippen LogP contribution in [-0.2, 0) is 0 Å². The van der Waals surface area contributed by atoms with Crippen LogP contribution < -0.4 is 16.0 Å². The van der Waals surface area contributed by atoms with Gasteiger partial charge >= 0.3 is 5.69 Å². The molecule has 0 atom stereocenters. The molecule has 0 aliphatic rings.